The second-order valence-electron chi connectivity index (χ2n) is 3.92. The fourth-order valence-electron chi connectivity index (χ4n) is 1.98. The summed E-state index contributed by atoms with van der Waals surface area (Å²) in [5.74, 6) is 2.49. The van der Waals surface area contributed by atoms with E-state index in [1.54, 1.807) is 6.07 Å². The van der Waals surface area contributed by atoms with Crippen LogP contribution in [0.5, 0.6) is 0 Å². The number of para-hydroxylation sites is 1. The molecule has 0 amide bonds. The molecular formula is C13H15FN2. The Morgan fingerprint density at radius 2 is 1.88 bits per heavy atom. The first-order valence-electron chi connectivity index (χ1n) is 5.46. The highest BCUT2D eigenvalue weighted by molar-refractivity contribution is 5.47. The van der Waals surface area contributed by atoms with E-state index in [-0.39, 0.29) is 5.82 Å². The van der Waals surface area contributed by atoms with Crippen LogP contribution in [0.2, 0.25) is 0 Å². The van der Waals surface area contributed by atoms with Crippen molar-refractivity contribution < 1.29 is 4.39 Å². The molecule has 16 heavy (non-hydrogen) atoms. The smallest absolute Gasteiger partial charge is 0.146 e. The molecule has 0 atom stereocenters. The van der Waals surface area contributed by atoms with Crippen molar-refractivity contribution in [1.29, 1.82) is 0 Å². The summed E-state index contributed by atoms with van der Waals surface area (Å²) in [5, 5.41) is 0. The Labute approximate surface area is 95.7 Å². The van der Waals surface area contributed by atoms with Crippen LogP contribution in [0.1, 0.15) is 0 Å². The van der Waals surface area contributed by atoms with Gasteiger partial charge in [0.1, 0.15) is 5.82 Å². The van der Waals surface area contributed by atoms with E-state index in [2.05, 4.69) is 15.7 Å². The van der Waals surface area contributed by atoms with Crippen molar-refractivity contribution >= 4 is 5.69 Å². The molecule has 2 nitrogen and oxygen atoms in total. The highest BCUT2D eigenvalue weighted by atomic mass is 19.1. The average molecular weight is 218 g/mol. The molecular weight excluding hydrogens is 203 g/mol. The minimum absolute atomic E-state index is 0.145. The summed E-state index contributed by atoms with van der Waals surface area (Å²) in [5.41, 5.74) is 0.697. The molecule has 1 fully saturated rings. The first kappa shape index (κ1) is 11.0. The van der Waals surface area contributed by atoms with Gasteiger partial charge in [-0.05, 0) is 12.1 Å². The van der Waals surface area contributed by atoms with E-state index in [9.17, 15) is 4.39 Å². The van der Waals surface area contributed by atoms with Gasteiger partial charge in [-0.25, -0.2) is 4.39 Å². The summed E-state index contributed by atoms with van der Waals surface area (Å²) in [6.07, 6.45) is 5.26. The first-order chi connectivity index (χ1) is 7.81. The molecule has 0 unspecified atom stereocenters. The van der Waals surface area contributed by atoms with Crippen LogP contribution >= 0.6 is 0 Å². The van der Waals surface area contributed by atoms with E-state index in [0.717, 1.165) is 26.2 Å². The summed E-state index contributed by atoms with van der Waals surface area (Å²) in [6.45, 7) is 4.16. The lowest BCUT2D eigenvalue weighted by atomic mass is 10.2. The summed E-state index contributed by atoms with van der Waals surface area (Å²) >= 11 is 0. The SMILES string of the molecule is C#CCN1CCN(c2ccccc2F)CC1. The van der Waals surface area contributed by atoms with Crippen molar-refractivity contribution in [3.63, 3.8) is 0 Å². The number of hydrogen-bond donors (Lipinski definition) is 0. The van der Waals surface area contributed by atoms with Gasteiger partial charge in [0.05, 0.1) is 12.2 Å². The van der Waals surface area contributed by atoms with Gasteiger partial charge >= 0.3 is 0 Å². The predicted octanol–water partition coefficient (Wildman–Crippen LogP) is 1.58. The molecule has 1 aliphatic heterocycles. The van der Waals surface area contributed by atoms with Gasteiger partial charge in [-0.1, -0.05) is 18.1 Å². The number of halogens is 1. The van der Waals surface area contributed by atoms with Crippen molar-refractivity contribution in [2.24, 2.45) is 0 Å². The number of benzene rings is 1. The molecule has 84 valence electrons. The second kappa shape index (κ2) is 5.00. The van der Waals surface area contributed by atoms with Crippen LogP contribution in [0.15, 0.2) is 24.3 Å². The van der Waals surface area contributed by atoms with Crippen LogP contribution in [-0.4, -0.2) is 37.6 Å². The van der Waals surface area contributed by atoms with E-state index < -0.39 is 0 Å². The summed E-state index contributed by atoms with van der Waals surface area (Å²) < 4.78 is 13.5. The average Bonchev–Trinajstić information content (AvgIpc) is 2.31. The topological polar surface area (TPSA) is 6.48 Å². The first-order valence-corrected chi connectivity index (χ1v) is 5.46. The van der Waals surface area contributed by atoms with Crippen LogP contribution < -0.4 is 4.90 Å². The molecule has 1 aromatic rings. The summed E-state index contributed by atoms with van der Waals surface area (Å²) in [6, 6.07) is 6.91. The van der Waals surface area contributed by atoms with E-state index in [4.69, 9.17) is 6.42 Å². The molecule has 1 saturated heterocycles. The zero-order valence-electron chi connectivity index (χ0n) is 9.19. The van der Waals surface area contributed by atoms with E-state index in [1.165, 1.54) is 6.07 Å². The fourth-order valence-corrected chi connectivity index (χ4v) is 1.98. The van der Waals surface area contributed by atoms with Crippen LogP contribution in [0.3, 0.4) is 0 Å². The van der Waals surface area contributed by atoms with E-state index >= 15 is 0 Å². The largest absolute Gasteiger partial charge is 0.367 e. The van der Waals surface area contributed by atoms with Gasteiger partial charge in [0.15, 0.2) is 0 Å². The Balaban J connectivity index is 2.00. The van der Waals surface area contributed by atoms with Gasteiger partial charge in [0.25, 0.3) is 0 Å². The molecule has 2 rings (SSSR count). The minimum atomic E-state index is -0.145. The Morgan fingerprint density at radius 3 is 2.50 bits per heavy atom. The van der Waals surface area contributed by atoms with Crippen LogP contribution in [0.25, 0.3) is 0 Å². The highest BCUT2D eigenvalue weighted by Crippen LogP contribution is 2.19. The van der Waals surface area contributed by atoms with E-state index in [1.807, 2.05) is 12.1 Å². The van der Waals surface area contributed by atoms with Gasteiger partial charge in [0, 0.05) is 26.2 Å². The summed E-state index contributed by atoms with van der Waals surface area (Å²) in [4.78, 5) is 4.28. The van der Waals surface area contributed by atoms with Gasteiger partial charge in [-0.15, -0.1) is 6.42 Å². The van der Waals surface area contributed by atoms with Gasteiger partial charge in [-0.2, -0.15) is 0 Å². The standard InChI is InChI=1S/C13H15FN2/c1-2-7-15-8-10-16(11-9-15)13-6-4-3-5-12(13)14/h1,3-6H,7-11H2. The Hall–Kier alpha value is -1.53. The molecule has 0 aliphatic carbocycles. The van der Waals surface area contributed by atoms with Crippen LogP contribution in [0.4, 0.5) is 10.1 Å². The molecule has 1 aliphatic rings. The van der Waals surface area contributed by atoms with Crippen LogP contribution in [-0.2, 0) is 0 Å². The maximum Gasteiger partial charge on any atom is 0.146 e. The Kier molecular flexibility index (Phi) is 3.43. The number of rotatable bonds is 2. The van der Waals surface area contributed by atoms with Crippen molar-refractivity contribution in [3.05, 3.63) is 30.1 Å². The predicted molar refractivity (Wildman–Crippen MR) is 63.9 cm³/mol. The van der Waals surface area contributed by atoms with Gasteiger partial charge in [0.2, 0.25) is 0 Å². The number of hydrogen-bond acceptors (Lipinski definition) is 2. The summed E-state index contributed by atoms with van der Waals surface area (Å²) in [7, 11) is 0. The quantitative estimate of drug-likeness (QED) is 0.695. The lowest BCUT2D eigenvalue weighted by Gasteiger charge is -2.35. The number of nitrogens with zero attached hydrogens (tertiary/aromatic N) is 2. The molecule has 0 aromatic heterocycles. The zero-order chi connectivity index (χ0) is 11.4. The lowest BCUT2D eigenvalue weighted by Crippen LogP contribution is -2.46. The normalized spacial score (nSPS) is 17.1. The molecule has 0 N–H and O–H groups in total. The number of terminal acetylenes is 1. The zero-order valence-corrected chi connectivity index (χ0v) is 9.19. The molecule has 1 heterocycles. The van der Waals surface area contributed by atoms with Crippen molar-refractivity contribution in [1.82, 2.24) is 4.90 Å². The number of anilines is 1. The Morgan fingerprint density at radius 1 is 1.19 bits per heavy atom. The molecule has 0 bridgehead atoms. The van der Waals surface area contributed by atoms with Gasteiger partial charge < -0.3 is 4.90 Å². The third-order valence-electron chi connectivity index (χ3n) is 2.88. The molecule has 0 radical (unpaired) electrons. The molecule has 1 aromatic carbocycles. The van der Waals surface area contributed by atoms with Crippen LogP contribution in [0, 0.1) is 18.2 Å². The fraction of sp³-hybridized carbons (Fsp3) is 0.385. The maximum atomic E-state index is 13.5. The van der Waals surface area contributed by atoms with Crippen molar-refractivity contribution in [2.75, 3.05) is 37.6 Å². The monoisotopic (exact) mass is 218 g/mol. The Bertz CT molecular complexity index is 389. The van der Waals surface area contributed by atoms with Crippen molar-refractivity contribution in [3.8, 4) is 12.3 Å². The third-order valence-corrected chi connectivity index (χ3v) is 2.88. The van der Waals surface area contributed by atoms with Gasteiger partial charge in [-0.3, -0.25) is 4.90 Å². The minimum Gasteiger partial charge on any atom is -0.367 e. The van der Waals surface area contributed by atoms with Crippen molar-refractivity contribution in [2.45, 2.75) is 0 Å². The second-order valence-corrected chi connectivity index (χ2v) is 3.92. The molecule has 0 saturated carbocycles. The number of piperazine rings is 1. The lowest BCUT2D eigenvalue weighted by molar-refractivity contribution is 0.287. The third kappa shape index (κ3) is 2.34. The van der Waals surface area contributed by atoms with E-state index in [0.29, 0.717) is 12.2 Å². The molecule has 0 spiro atoms. The maximum absolute atomic E-state index is 13.5. The highest BCUT2D eigenvalue weighted by Gasteiger charge is 2.18. The molecule has 3 heteroatoms.